The number of alkyl halides is 2. The zero-order valence-electron chi connectivity index (χ0n) is 14.0. The molecular formula is C18H17F2N3OS2. The number of fused-ring (bicyclic) bond motifs is 1. The van der Waals surface area contributed by atoms with Crippen LogP contribution in [0.1, 0.15) is 5.01 Å². The smallest absolute Gasteiger partial charge is 0.288 e. The molecule has 0 bridgehead atoms. The third kappa shape index (κ3) is 5.23. The number of thiazole rings is 1. The Morgan fingerprint density at radius 3 is 2.65 bits per heavy atom. The fourth-order valence-corrected chi connectivity index (χ4v) is 3.99. The second-order valence-corrected chi connectivity index (χ2v) is 7.88. The first-order valence-corrected chi connectivity index (χ1v) is 9.57. The number of rotatable bonds is 7. The summed E-state index contributed by atoms with van der Waals surface area (Å²) in [5.74, 6) is -2.62. The number of halogens is 2. The number of carbonyl (C=O) groups is 1. The van der Waals surface area contributed by atoms with Crippen molar-refractivity contribution in [2.24, 2.45) is 0 Å². The topological polar surface area (TPSA) is 45.2 Å². The Morgan fingerprint density at radius 1 is 1.23 bits per heavy atom. The molecule has 0 saturated carbocycles. The highest BCUT2D eigenvalue weighted by molar-refractivity contribution is 7.99. The standard InChI is InChI=1S/C18H17F2N3OS2/c1-23(11-17-22-14-4-2-3-5-15(14)26-17)10-16(24)21-12-6-8-13(9-7-12)25-18(19)20/h2-9,18H,10-11H2,1H3,(H,21,24). The van der Waals surface area contributed by atoms with E-state index in [0.717, 1.165) is 15.2 Å². The lowest BCUT2D eigenvalue weighted by Crippen LogP contribution is -2.29. The second-order valence-electron chi connectivity index (χ2n) is 5.70. The third-order valence-corrected chi connectivity index (χ3v) is 5.26. The van der Waals surface area contributed by atoms with Crippen molar-refractivity contribution < 1.29 is 13.6 Å². The fourth-order valence-electron chi connectivity index (χ4n) is 2.44. The Bertz CT molecular complexity index is 851. The summed E-state index contributed by atoms with van der Waals surface area (Å²) in [7, 11) is 1.86. The van der Waals surface area contributed by atoms with Crippen LogP contribution >= 0.6 is 23.1 Å². The van der Waals surface area contributed by atoms with Crippen molar-refractivity contribution in [2.75, 3.05) is 18.9 Å². The van der Waals surface area contributed by atoms with Gasteiger partial charge in [-0.1, -0.05) is 23.9 Å². The molecule has 3 aromatic rings. The highest BCUT2D eigenvalue weighted by Gasteiger charge is 2.11. The molecule has 1 N–H and O–H groups in total. The Kier molecular flexibility index (Phi) is 6.18. The number of nitrogens with zero attached hydrogens (tertiary/aromatic N) is 2. The van der Waals surface area contributed by atoms with Gasteiger partial charge in [0.25, 0.3) is 5.76 Å². The fraction of sp³-hybridized carbons (Fsp3) is 0.222. The van der Waals surface area contributed by atoms with Crippen molar-refractivity contribution in [3.63, 3.8) is 0 Å². The first-order valence-electron chi connectivity index (χ1n) is 7.87. The van der Waals surface area contributed by atoms with Gasteiger partial charge in [0.15, 0.2) is 0 Å². The van der Waals surface area contributed by atoms with Crippen LogP contribution in [0.3, 0.4) is 0 Å². The number of aromatic nitrogens is 1. The summed E-state index contributed by atoms with van der Waals surface area (Å²) in [5.41, 5.74) is 1.55. The molecule has 0 saturated heterocycles. The Hall–Kier alpha value is -2.03. The maximum atomic E-state index is 12.3. The van der Waals surface area contributed by atoms with Crippen LogP contribution in [0.25, 0.3) is 10.2 Å². The molecular weight excluding hydrogens is 376 g/mol. The van der Waals surface area contributed by atoms with Crippen molar-refractivity contribution >= 4 is 44.9 Å². The number of thioether (sulfide) groups is 1. The van der Waals surface area contributed by atoms with Gasteiger partial charge >= 0.3 is 0 Å². The van der Waals surface area contributed by atoms with Crippen LogP contribution < -0.4 is 5.32 Å². The van der Waals surface area contributed by atoms with E-state index in [0.29, 0.717) is 28.9 Å². The first kappa shape index (κ1) is 18.8. The minimum absolute atomic E-state index is 0.164. The van der Waals surface area contributed by atoms with E-state index < -0.39 is 5.76 Å². The second kappa shape index (κ2) is 8.57. The quantitative estimate of drug-likeness (QED) is 0.592. The number of likely N-dealkylation sites (N-methyl/N-ethyl adjacent to an activating group) is 1. The summed E-state index contributed by atoms with van der Waals surface area (Å²) >= 11 is 2.09. The van der Waals surface area contributed by atoms with Crippen molar-refractivity contribution in [3.05, 3.63) is 53.5 Å². The van der Waals surface area contributed by atoms with Gasteiger partial charge in [0.1, 0.15) is 5.01 Å². The normalized spacial score (nSPS) is 11.4. The minimum atomic E-state index is -2.45. The monoisotopic (exact) mass is 393 g/mol. The lowest BCUT2D eigenvalue weighted by atomic mass is 10.3. The summed E-state index contributed by atoms with van der Waals surface area (Å²) in [5, 5.41) is 3.72. The predicted molar refractivity (Wildman–Crippen MR) is 103 cm³/mol. The summed E-state index contributed by atoms with van der Waals surface area (Å²) in [6, 6.07) is 14.3. The van der Waals surface area contributed by atoms with Crippen LogP contribution in [0.15, 0.2) is 53.4 Å². The SMILES string of the molecule is CN(CC(=O)Nc1ccc(SC(F)F)cc1)Cc1nc2ccccc2s1. The van der Waals surface area contributed by atoms with Gasteiger partial charge in [0.05, 0.1) is 23.3 Å². The van der Waals surface area contributed by atoms with Gasteiger partial charge in [-0.15, -0.1) is 11.3 Å². The summed E-state index contributed by atoms with van der Waals surface area (Å²) in [6.45, 7) is 0.792. The molecule has 3 rings (SSSR count). The Morgan fingerprint density at radius 2 is 1.96 bits per heavy atom. The van der Waals surface area contributed by atoms with E-state index in [1.165, 1.54) is 0 Å². The molecule has 136 valence electrons. The van der Waals surface area contributed by atoms with Crippen LogP contribution in [0.4, 0.5) is 14.5 Å². The van der Waals surface area contributed by atoms with Crippen LogP contribution in [0, 0.1) is 0 Å². The summed E-state index contributed by atoms with van der Waals surface area (Å²) in [6.07, 6.45) is 0. The van der Waals surface area contributed by atoms with Gasteiger partial charge in [-0.3, -0.25) is 9.69 Å². The predicted octanol–water partition coefficient (Wildman–Crippen LogP) is 4.68. The molecule has 26 heavy (non-hydrogen) atoms. The van der Waals surface area contributed by atoms with Gasteiger partial charge in [0, 0.05) is 10.6 Å². The maximum absolute atomic E-state index is 12.3. The van der Waals surface area contributed by atoms with Crippen molar-refractivity contribution in [2.45, 2.75) is 17.2 Å². The largest absolute Gasteiger partial charge is 0.325 e. The van der Waals surface area contributed by atoms with E-state index in [2.05, 4.69) is 10.3 Å². The van der Waals surface area contributed by atoms with E-state index >= 15 is 0 Å². The number of hydrogen-bond acceptors (Lipinski definition) is 5. The van der Waals surface area contributed by atoms with Gasteiger partial charge in [-0.2, -0.15) is 8.78 Å². The first-order chi connectivity index (χ1) is 12.5. The number of anilines is 1. The molecule has 2 aromatic carbocycles. The molecule has 0 fully saturated rings. The molecule has 1 heterocycles. The number of para-hydroxylation sites is 1. The summed E-state index contributed by atoms with van der Waals surface area (Å²) < 4.78 is 25.7. The van der Waals surface area contributed by atoms with E-state index in [-0.39, 0.29) is 12.5 Å². The lowest BCUT2D eigenvalue weighted by molar-refractivity contribution is -0.117. The van der Waals surface area contributed by atoms with E-state index in [9.17, 15) is 13.6 Å². The Balaban J connectivity index is 1.52. The number of hydrogen-bond donors (Lipinski definition) is 1. The molecule has 1 amide bonds. The number of benzene rings is 2. The lowest BCUT2D eigenvalue weighted by Gasteiger charge is -2.14. The third-order valence-electron chi connectivity index (χ3n) is 3.52. The van der Waals surface area contributed by atoms with Crippen LogP contribution in [-0.4, -0.2) is 35.1 Å². The molecule has 0 unspecified atom stereocenters. The highest BCUT2D eigenvalue weighted by atomic mass is 32.2. The van der Waals surface area contributed by atoms with Crippen LogP contribution in [0.2, 0.25) is 0 Å². The van der Waals surface area contributed by atoms with Crippen molar-refractivity contribution in [1.29, 1.82) is 0 Å². The average molecular weight is 393 g/mol. The van der Waals surface area contributed by atoms with Gasteiger partial charge in [-0.05, 0) is 43.4 Å². The molecule has 1 aromatic heterocycles. The zero-order chi connectivity index (χ0) is 18.5. The molecule has 4 nitrogen and oxygen atoms in total. The van der Waals surface area contributed by atoms with Gasteiger partial charge in [-0.25, -0.2) is 4.98 Å². The van der Waals surface area contributed by atoms with Crippen LogP contribution in [-0.2, 0) is 11.3 Å². The van der Waals surface area contributed by atoms with Gasteiger partial charge in [0.2, 0.25) is 5.91 Å². The maximum Gasteiger partial charge on any atom is 0.288 e. The van der Waals surface area contributed by atoms with E-state index in [1.54, 1.807) is 35.6 Å². The molecule has 0 aliphatic heterocycles. The molecule has 0 spiro atoms. The molecule has 0 radical (unpaired) electrons. The van der Waals surface area contributed by atoms with Crippen molar-refractivity contribution in [1.82, 2.24) is 9.88 Å². The molecule has 0 aliphatic carbocycles. The van der Waals surface area contributed by atoms with E-state index in [1.807, 2.05) is 36.2 Å². The van der Waals surface area contributed by atoms with Gasteiger partial charge < -0.3 is 5.32 Å². The molecule has 0 aliphatic rings. The number of amides is 1. The minimum Gasteiger partial charge on any atom is -0.325 e. The van der Waals surface area contributed by atoms with Crippen LogP contribution in [0.5, 0.6) is 0 Å². The molecule has 0 atom stereocenters. The molecule has 8 heteroatoms. The number of nitrogens with one attached hydrogen (secondary N) is 1. The summed E-state index contributed by atoms with van der Waals surface area (Å²) in [4.78, 5) is 19.1. The average Bonchev–Trinajstić information content (AvgIpc) is 2.98. The Labute approximate surface area is 158 Å². The van der Waals surface area contributed by atoms with Crippen molar-refractivity contribution in [3.8, 4) is 0 Å². The zero-order valence-corrected chi connectivity index (χ0v) is 15.6. The van der Waals surface area contributed by atoms with E-state index in [4.69, 9.17) is 0 Å². The highest BCUT2D eigenvalue weighted by Crippen LogP contribution is 2.26. The number of carbonyl (C=O) groups excluding carboxylic acids is 1.